The molecular weight excluding hydrogens is 320 g/mol. The fourth-order valence-electron chi connectivity index (χ4n) is 2.04. The molecule has 0 radical (unpaired) electrons. The minimum atomic E-state index is -0.354. The van der Waals surface area contributed by atoms with Gasteiger partial charge in [-0.1, -0.05) is 13.3 Å². The first kappa shape index (κ1) is 18.4. The van der Waals surface area contributed by atoms with Gasteiger partial charge in [0.2, 0.25) is 0 Å². The minimum Gasteiger partial charge on any atom is -0.462 e. The Morgan fingerprint density at radius 3 is 2.40 bits per heavy atom. The molecule has 2 aromatic rings. The van der Waals surface area contributed by atoms with Crippen molar-refractivity contribution in [2.45, 2.75) is 26.7 Å². The van der Waals surface area contributed by atoms with Gasteiger partial charge in [0.15, 0.2) is 11.5 Å². The van der Waals surface area contributed by atoms with Gasteiger partial charge in [-0.2, -0.15) is 0 Å². The number of anilines is 2. The van der Waals surface area contributed by atoms with Gasteiger partial charge < -0.3 is 15.4 Å². The van der Waals surface area contributed by atoms with E-state index >= 15 is 0 Å². The molecule has 0 atom stereocenters. The summed E-state index contributed by atoms with van der Waals surface area (Å²) < 4.78 is 4.94. The quantitative estimate of drug-likeness (QED) is 0.566. The van der Waals surface area contributed by atoms with Crippen LogP contribution >= 0.6 is 0 Å². The van der Waals surface area contributed by atoms with Crippen molar-refractivity contribution in [1.29, 1.82) is 0 Å². The van der Waals surface area contributed by atoms with Gasteiger partial charge in [-0.05, 0) is 49.7 Å². The smallest absolute Gasteiger partial charge is 0.338 e. The third-order valence-electron chi connectivity index (χ3n) is 3.38. The number of nitrogens with one attached hydrogen (secondary N) is 2. The van der Waals surface area contributed by atoms with E-state index < -0.39 is 0 Å². The lowest BCUT2D eigenvalue weighted by Gasteiger charge is -2.07. The van der Waals surface area contributed by atoms with Crippen LogP contribution in [0.3, 0.4) is 0 Å². The summed E-state index contributed by atoms with van der Waals surface area (Å²) in [5, 5.41) is 13.8. The van der Waals surface area contributed by atoms with Gasteiger partial charge in [-0.3, -0.25) is 4.79 Å². The first-order valence-electron chi connectivity index (χ1n) is 8.30. The molecular formula is C18H22N4O3. The van der Waals surface area contributed by atoms with Crippen LogP contribution in [0.4, 0.5) is 11.5 Å². The largest absolute Gasteiger partial charge is 0.462 e. The maximum atomic E-state index is 11.9. The van der Waals surface area contributed by atoms with Crippen molar-refractivity contribution >= 4 is 23.4 Å². The molecule has 0 bridgehead atoms. The fraction of sp³-hybridized carbons (Fsp3) is 0.333. The second kappa shape index (κ2) is 9.36. The second-order valence-electron chi connectivity index (χ2n) is 5.34. The van der Waals surface area contributed by atoms with Crippen LogP contribution in [0.2, 0.25) is 0 Å². The summed E-state index contributed by atoms with van der Waals surface area (Å²) in [6.45, 7) is 4.79. The number of hydrogen-bond donors (Lipinski definition) is 2. The molecule has 0 saturated carbocycles. The molecule has 7 nitrogen and oxygen atoms in total. The summed E-state index contributed by atoms with van der Waals surface area (Å²) >= 11 is 0. The van der Waals surface area contributed by atoms with Crippen molar-refractivity contribution in [3.8, 4) is 0 Å². The van der Waals surface area contributed by atoms with E-state index in [1.165, 1.54) is 0 Å². The van der Waals surface area contributed by atoms with E-state index in [1.807, 2.05) is 0 Å². The van der Waals surface area contributed by atoms with Crippen molar-refractivity contribution in [1.82, 2.24) is 15.5 Å². The Balaban J connectivity index is 1.94. The van der Waals surface area contributed by atoms with E-state index in [2.05, 4.69) is 27.8 Å². The molecule has 132 valence electrons. The van der Waals surface area contributed by atoms with Gasteiger partial charge in [0.05, 0.1) is 12.2 Å². The molecule has 2 N–H and O–H groups in total. The van der Waals surface area contributed by atoms with E-state index in [-0.39, 0.29) is 17.6 Å². The van der Waals surface area contributed by atoms with E-state index in [1.54, 1.807) is 43.3 Å². The monoisotopic (exact) mass is 342 g/mol. The normalized spacial score (nSPS) is 10.2. The average molecular weight is 342 g/mol. The minimum absolute atomic E-state index is 0.230. The number of carbonyl (C=O) groups is 2. The summed E-state index contributed by atoms with van der Waals surface area (Å²) in [5.41, 5.74) is 1.51. The van der Waals surface area contributed by atoms with E-state index in [4.69, 9.17) is 4.74 Å². The highest BCUT2D eigenvalue weighted by atomic mass is 16.5. The number of benzene rings is 1. The predicted molar refractivity (Wildman–Crippen MR) is 95.0 cm³/mol. The number of amides is 1. The number of ether oxygens (including phenoxy) is 1. The fourth-order valence-corrected chi connectivity index (χ4v) is 2.04. The molecule has 7 heteroatoms. The number of nitrogens with zero attached hydrogens (tertiary/aromatic N) is 2. The lowest BCUT2D eigenvalue weighted by atomic mass is 10.2. The zero-order valence-corrected chi connectivity index (χ0v) is 14.4. The Kier molecular flexibility index (Phi) is 6.88. The predicted octanol–water partition coefficient (Wildman–Crippen LogP) is 2.93. The Morgan fingerprint density at radius 1 is 1.04 bits per heavy atom. The van der Waals surface area contributed by atoms with Gasteiger partial charge in [0, 0.05) is 12.2 Å². The molecule has 0 aliphatic heterocycles. The van der Waals surface area contributed by atoms with E-state index in [0.717, 1.165) is 18.5 Å². The summed E-state index contributed by atoms with van der Waals surface area (Å²) in [7, 11) is 0. The van der Waals surface area contributed by atoms with Crippen LogP contribution in [0.1, 0.15) is 47.5 Å². The Labute approximate surface area is 146 Å². The molecule has 0 saturated heterocycles. The van der Waals surface area contributed by atoms with Gasteiger partial charge >= 0.3 is 5.97 Å². The Hall–Kier alpha value is -2.96. The Morgan fingerprint density at radius 2 is 1.80 bits per heavy atom. The lowest BCUT2D eigenvalue weighted by molar-refractivity contribution is 0.0526. The molecule has 2 rings (SSSR count). The maximum Gasteiger partial charge on any atom is 0.338 e. The standard InChI is InChI=1S/C18H22N4O3/c1-3-5-12-19-17(23)15-10-11-16(22-21-15)20-14-8-6-13(7-9-14)18(24)25-4-2/h6-11H,3-5,12H2,1-2H3,(H,19,23)(H,20,22). The van der Waals surface area contributed by atoms with Crippen molar-refractivity contribution in [2.24, 2.45) is 0 Å². The number of aromatic nitrogens is 2. The molecule has 1 heterocycles. The van der Waals surface area contributed by atoms with Gasteiger partial charge in [0.25, 0.3) is 5.91 Å². The van der Waals surface area contributed by atoms with Gasteiger partial charge in [0.1, 0.15) is 0 Å². The summed E-state index contributed by atoms with van der Waals surface area (Å²) in [5.74, 6) is -0.0763. The van der Waals surface area contributed by atoms with Crippen LogP contribution in [0.25, 0.3) is 0 Å². The summed E-state index contributed by atoms with van der Waals surface area (Å²) in [6.07, 6.45) is 1.95. The molecule has 0 spiro atoms. The first-order chi connectivity index (χ1) is 12.1. The number of hydrogen-bond acceptors (Lipinski definition) is 6. The second-order valence-corrected chi connectivity index (χ2v) is 5.34. The van der Waals surface area contributed by atoms with Crippen molar-refractivity contribution in [2.75, 3.05) is 18.5 Å². The van der Waals surface area contributed by atoms with Crippen molar-refractivity contribution < 1.29 is 14.3 Å². The molecule has 0 aliphatic rings. The topological polar surface area (TPSA) is 93.2 Å². The molecule has 0 aliphatic carbocycles. The molecule has 0 fully saturated rings. The zero-order chi connectivity index (χ0) is 18.1. The number of esters is 1. The van der Waals surface area contributed by atoms with Crippen LogP contribution in [-0.2, 0) is 4.74 Å². The molecule has 1 aromatic heterocycles. The van der Waals surface area contributed by atoms with Crippen LogP contribution in [0, 0.1) is 0 Å². The van der Waals surface area contributed by atoms with Crippen molar-refractivity contribution in [3.05, 3.63) is 47.7 Å². The zero-order valence-electron chi connectivity index (χ0n) is 14.4. The van der Waals surface area contributed by atoms with E-state index in [9.17, 15) is 9.59 Å². The first-order valence-corrected chi connectivity index (χ1v) is 8.30. The molecule has 25 heavy (non-hydrogen) atoms. The molecule has 0 unspecified atom stereocenters. The van der Waals surface area contributed by atoms with Crippen LogP contribution in [0.15, 0.2) is 36.4 Å². The third kappa shape index (κ3) is 5.56. The van der Waals surface area contributed by atoms with Gasteiger partial charge in [-0.25, -0.2) is 4.79 Å². The van der Waals surface area contributed by atoms with E-state index in [0.29, 0.717) is 24.5 Å². The summed E-state index contributed by atoms with van der Waals surface area (Å²) in [4.78, 5) is 23.5. The highest BCUT2D eigenvalue weighted by Crippen LogP contribution is 2.15. The SMILES string of the molecule is CCCCNC(=O)c1ccc(Nc2ccc(C(=O)OCC)cc2)nn1. The maximum absolute atomic E-state index is 11.9. The average Bonchev–Trinajstić information content (AvgIpc) is 2.63. The third-order valence-corrected chi connectivity index (χ3v) is 3.38. The highest BCUT2D eigenvalue weighted by molar-refractivity contribution is 5.92. The lowest BCUT2D eigenvalue weighted by Crippen LogP contribution is -2.25. The number of unbranched alkanes of at least 4 members (excludes halogenated alkanes) is 1. The summed E-state index contributed by atoms with van der Waals surface area (Å²) in [6, 6.07) is 10.1. The van der Waals surface area contributed by atoms with Gasteiger partial charge in [-0.15, -0.1) is 10.2 Å². The van der Waals surface area contributed by atoms with Crippen molar-refractivity contribution in [3.63, 3.8) is 0 Å². The molecule has 1 amide bonds. The van der Waals surface area contributed by atoms with Crippen LogP contribution in [-0.4, -0.2) is 35.2 Å². The van der Waals surface area contributed by atoms with Crippen LogP contribution < -0.4 is 10.6 Å². The highest BCUT2D eigenvalue weighted by Gasteiger charge is 2.08. The Bertz CT molecular complexity index is 699. The number of rotatable bonds is 8. The van der Waals surface area contributed by atoms with Crippen LogP contribution in [0.5, 0.6) is 0 Å². The number of carbonyl (C=O) groups excluding carboxylic acids is 2. The molecule has 1 aromatic carbocycles.